The predicted molar refractivity (Wildman–Crippen MR) is 75.4 cm³/mol. The van der Waals surface area contributed by atoms with E-state index in [1.54, 1.807) is 30.3 Å². The fourth-order valence-corrected chi connectivity index (χ4v) is 1.67. The third kappa shape index (κ3) is 5.14. The third-order valence-electron chi connectivity index (χ3n) is 2.61. The zero-order chi connectivity index (χ0) is 14.1. The van der Waals surface area contributed by atoms with Crippen LogP contribution in [-0.2, 0) is 0 Å². The summed E-state index contributed by atoms with van der Waals surface area (Å²) in [5.41, 5.74) is 0.466. The molecule has 4 heteroatoms. The van der Waals surface area contributed by atoms with E-state index < -0.39 is 6.10 Å². The molecule has 0 aliphatic heterocycles. The summed E-state index contributed by atoms with van der Waals surface area (Å²) in [7, 11) is 0. The summed E-state index contributed by atoms with van der Waals surface area (Å²) in [5, 5.41) is 12.3. The Morgan fingerprint density at radius 3 is 2.95 bits per heavy atom. The second-order valence-corrected chi connectivity index (χ2v) is 4.25. The molecule has 1 amide bonds. The number of carbonyl (C=O) groups is 1. The average molecular weight is 263 g/mol. The number of nitrogens with one attached hydrogen (secondary N) is 1. The fraction of sp³-hybridized carbons (Fsp3) is 0.400. The molecule has 0 saturated carbocycles. The van der Waals surface area contributed by atoms with E-state index in [4.69, 9.17) is 4.74 Å². The Labute approximate surface area is 114 Å². The summed E-state index contributed by atoms with van der Waals surface area (Å²) in [5.74, 6) is 0.277. The van der Waals surface area contributed by atoms with Crippen molar-refractivity contribution in [1.29, 1.82) is 0 Å². The molecule has 2 N–H and O–H groups in total. The van der Waals surface area contributed by atoms with Crippen molar-refractivity contribution in [2.75, 3.05) is 13.2 Å². The summed E-state index contributed by atoms with van der Waals surface area (Å²) in [6.45, 7) is 6.16. The van der Waals surface area contributed by atoms with Crippen LogP contribution in [0.15, 0.2) is 36.9 Å². The van der Waals surface area contributed by atoms with E-state index in [-0.39, 0.29) is 12.5 Å². The van der Waals surface area contributed by atoms with Crippen LogP contribution in [0.25, 0.3) is 0 Å². The fourth-order valence-electron chi connectivity index (χ4n) is 1.67. The lowest BCUT2D eigenvalue weighted by molar-refractivity contribution is 0.0906. The first-order chi connectivity index (χ1) is 9.19. The highest BCUT2D eigenvalue weighted by Crippen LogP contribution is 2.17. The van der Waals surface area contributed by atoms with E-state index in [9.17, 15) is 9.90 Å². The first-order valence-electron chi connectivity index (χ1n) is 6.48. The molecule has 0 saturated heterocycles. The van der Waals surface area contributed by atoms with Gasteiger partial charge in [0, 0.05) is 6.54 Å². The van der Waals surface area contributed by atoms with Crippen molar-refractivity contribution >= 4 is 5.91 Å². The standard InChI is InChI=1S/C15H21NO3/c1-3-7-12(17)11-16-15(18)13-8-5-6-9-14(13)19-10-4-2/h4-6,8-9,12,17H,2-3,7,10-11H2,1H3,(H,16,18). The lowest BCUT2D eigenvalue weighted by Crippen LogP contribution is -2.32. The second-order valence-electron chi connectivity index (χ2n) is 4.25. The molecule has 1 atom stereocenters. The van der Waals surface area contributed by atoms with Gasteiger partial charge in [-0.15, -0.1) is 0 Å². The molecule has 1 rings (SSSR count). The number of ether oxygens (including phenoxy) is 1. The molecule has 1 unspecified atom stereocenters. The quantitative estimate of drug-likeness (QED) is 0.706. The molecule has 0 aliphatic carbocycles. The molecular weight excluding hydrogens is 242 g/mol. The lowest BCUT2D eigenvalue weighted by Gasteiger charge is -2.13. The van der Waals surface area contributed by atoms with E-state index >= 15 is 0 Å². The van der Waals surface area contributed by atoms with Crippen LogP contribution in [0, 0.1) is 0 Å². The Bertz CT molecular complexity index is 418. The van der Waals surface area contributed by atoms with Crippen molar-refractivity contribution < 1.29 is 14.6 Å². The zero-order valence-corrected chi connectivity index (χ0v) is 11.3. The Balaban J connectivity index is 2.62. The molecule has 0 spiro atoms. The van der Waals surface area contributed by atoms with Crippen LogP contribution in [0.5, 0.6) is 5.75 Å². The zero-order valence-electron chi connectivity index (χ0n) is 11.3. The molecule has 1 aromatic rings. The van der Waals surface area contributed by atoms with E-state index in [0.29, 0.717) is 24.3 Å². The molecule has 19 heavy (non-hydrogen) atoms. The Kier molecular flexibility index (Phi) is 6.68. The van der Waals surface area contributed by atoms with Crippen LogP contribution in [0.4, 0.5) is 0 Å². The summed E-state index contributed by atoms with van der Waals surface area (Å²) < 4.78 is 5.42. The van der Waals surface area contributed by atoms with Gasteiger partial charge in [0.05, 0.1) is 11.7 Å². The highest BCUT2D eigenvalue weighted by molar-refractivity contribution is 5.96. The summed E-state index contributed by atoms with van der Waals surface area (Å²) in [6.07, 6.45) is 2.68. The third-order valence-corrected chi connectivity index (χ3v) is 2.61. The van der Waals surface area contributed by atoms with Crippen molar-refractivity contribution in [2.45, 2.75) is 25.9 Å². The van der Waals surface area contributed by atoms with E-state index in [2.05, 4.69) is 11.9 Å². The Morgan fingerprint density at radius 1 is 1.53 bits per heavy atom. The SMILES string of the molecule is C=CCOc1ccccc1C(=O)NCC(O)CCC. The van der Waals surface area contributed by atoms with Crippen LogP contribution in [-0.4, -0.2) is 30.3 Å². The monoisotopic (exact) mass is 263 g/mol. The maximum atomic E-state index is 12.0. The molecule has 0 bridgehead atoms. The minimum Gasteiger partial charge on any atom is -0.489 e. The van der Waals surface area contributed by atoms with Gasteiger partial charge in [-0.25, -0.2) is 0 Å². The van der Waals surface area contributed by atoms with E-state index in [1.807, 2.05) is 6.92 Å². The predicted octanol–water partition coefficient (Wildman–Crippen LogP) is 2.14. The van der Waals surface area contributed by atoms with Gasteiger partial charge in [-0.1, -0.05) is 38.1 Å². The van der Waals surface area contributed by atoms with Gasteiger partial charge in [-0.2, -0.15) is 0 Å². The minimum absolute atomic E-state index is 0.241. The molecule has 0 radical (unpaired) electrons. The lowest BCUT2D eigenvalue weighted by atomic mass is 10.1. The van der Waals surface area contributed by atoms with Crippen molar-refractivity contribution in [3.05, 3.63) is 42.5 Å². The van der Waals surface area contributed by atoms with Crippen LogP contribution >= 0.6 is 0 Å². The summed E-state index contributed by atoms with van der Waals surface area (Å²) >= 11 is 0. The maximum absolute atomic E-state index is 12.0. The number of para-hydroxylation sites is 1. The molecule has 0 heterocycles. The summed E-state index contributed by atoms with van der Waals surface area (Å²) in [6, 6.07) is 7.01. The minimum atomic E-state index is -0.504. The molecule has 0 aromatic heterocycles. The largest absolute Gasteiger partial charge is 0.489 e. The van der Waals surface area contributed by atoms with Gasteiger partial charge in [0.15, 0.2) is 0 Å². The molecule has 4 nitrogen and oxygen atoms in total. The average Bonchev–Trinajstić information content (AvgIpc) is 2.43. The number of benzene rings is 1. The number of aliphatic hydroxyl groups excluding tert-OH is 1. The smallest absolute Gasteiger partial charge is 0.255 e. The van der Waals surface area contributed by atoms with Crippen LogP contribution in [0.1, 0.15) is 30.1 Å². The van der Waals surface area contributed by atoms with Gasteiger partial charge in [0.2, 0.25) is 0 Å². The van der Waals surface area contributed by atoms with Crippen LogP contribution in [0.2, 0.25) is 0 Å². The maximum Gasteiger partial charge on any atom is 0.255 e. The van der Waals surface area contributed by atoms with E-state index in [1.165, 1.54) is 0 Å². The number of rotatable bonds is 8. The molecule has 0 aliphatic rings. The van der Waals surface area contributed by atoms with Gasteiger partial charge in [0.1, 0.15) is 12.4 Å². The molecule has 1 aromatic carbocycles. The van der Waals surface area contributed by atoms with Gasteiger partial charge in [-0.05, 0) is 18.6 Å². The number of carbonyl (C=O) groups excluding carboxylic acids is 1. The first-order valence-corrected chi connectivity index (χ1v) is 6.48. The van der Waals surface area contributed by atoms with Crippen LogP contribution in [0.3, 0.4) is 0 Å². The Hall–Kier alpha value is -1.81. The van der Waals surface area contributed by atoms with Crippen molar-refractivity contribution in [3.8, 4) is 5.75 Å². The van der Waals surface area contributed by atoms with Crippen LogP contribution < -0.4 is 10.1 Å². The number of hydrogen-bond donors (Lipinski definition) is 2. The highest BCUT2D eigenvalue weighted by atomic mass is 16.5. The number of amides is 1. The first kappa shape index (κ1) is 15.2. The molecular formula is C15H21NO3. The van der Waals surface area contributed by atoms with Gasteiger partial charge in [0.25, 0.3) is 5.91 Å². The number of hydrogen-bond acceptors (Lipinski definition) is 3. The van der Waals surface area contributed by atoms with Gasteiger partial charge < -0.3 is 15.2 Å². The van der Waals surface area contributed by atoms with Crippen molar-refractivity contribution in [3.63, 3.8) is 0 Å². The van der Waals surface area contributed by atoms with Gasteiger partial charge in [-0.3, -0.25) is 4.79 Å². The van der Waals surface area contributed by atoms with Crippen molar-refractivity contribution in [2.24, 2.45) is 0 Å². The van der Waals surface area contributed by atoms with Crippen molar-refractivity contribution in [1.82, 2.24) is 5.32 Å². The molecule has 104 valence electrons. The highest BCUT2D eigenvalue weighted by Gasteiger charge is 2.12. The van der Waals surface area contributed by atoms with E-state index in [0.717, 1.165) is 6.42 Å². The topological polar surface area (TPSA) is 58.6 Å². The number of aliphatic hydroxyl groups is 1. The van der Waals surface area contributed by atoms with Gasteiger partial charge >= 0.3 is 0 Å². The Morgan fingerprint density at radius 2 is 2.26 bits per heavy atom. The normalized spacial score (nSPS) is 11.7. The molecule has 0 fully saturated rings. The second kappa shape index (κ2) is 8.32. The summed E-state index contributed by atoms with van der Waals surface area (Å²) in [4.78, 5) is 12.0.